The average molecular weight is 488 g/mol. The lowest BCUT2D eigenvalue weighted by Gasteiger charge is -2.37. The Hall–Kier alpha value is -1.69. The van der Waals surface area contributed by atoms with Crippen LogP contribution in [-0.2, 0) is 19.9 Å². The lowest BCUT2D eigenvalue weighted by atomic mass is 10.1. The lowest BCUT2D eigenvalue weighted by Crippen LogP contribution is -2.47. The number of rotatable bonds is 7. The molecule has 0 bridgehead atoms. The Balaban J connectivity index is 1.81. The lowest BCUT2D eigenvalue weighted by molar-refractivity contribution is -0.0264. The van der Waals surface area contributed by atoms with E-state index in [4.69, 9.17) is 11.6 Å². The van der Waals surface area contributed by atoms with E-state index in [9.17, 15) is 21.9 Å². The van der Waals surface area contributed by atoms with Gasteiger partial charge in [0.25, 0.3) is 10.0 Å². The summed E-state index contributed by atoms with van der Waals surface area (Å²) < 4.78 is 51.3. The minimum absolute atomic E-state index is 0.0506. The fraction of sp³-hybridized carbons (Fsp3) is 0.400. The minimum Gasteiger partial charge on any atom is -0.374 e. The van der Waals surface area contributed by atoms with Gasteiger partial charge in [-0.05, 0) is 49.0 Å². The van der Waals surface area contributed by atoms with Crippen molar-refractivity contribution in [3.63, 3.8) is 0 Å². The molecular formula is C20H26ClN3O5S2. The molecule has 0 amide bonds. The molecule has 3 rings (SSSR count). The third-order valence-corrected chi connectivity index (χ3v) is 8.14. The number of anilines is 1. The Bertz CT molecular complexity index is 1130. The Morgan fingerprint density at radius 3 is 2.13 bits per heavy atom. The first-order valence-corrected chi connectivity index (χ1v) is 13.5. The van der Waals surface area contributed by atoms with E-state index >= 15 is 0 Å². The van der Waals surface area contributed by atoms with E-state index < -0.39 is 26.1 Å². The average Bonchev–Trinajstić information content (AvgIpc) is 2.73. The number of sulfone groups is 1. The number of halogens is 1. The van der Waals surface area contributed by atoms with E-state index in [0.717, 1.165) is 25.9 Å². The first kappa shape index (κ1) is 24.0. The summed E-state index contributed by atoms with van der Waals surface area (Å²) >= 11 is 6.27. The molecule has 2 N–H and O–H groups in total. The summed E-state index contributed by atoms with van der Waals surface area (Å²) in [6.07, 6.45) is 0.0603. The predicted octanol–water partition coefficient (Wildman–Crippen LogP) is 2.17. The Kier molecular flexibility index (Phi) is 7.29. The minimum atomic E-state index is -3.97. The molecule has 2 aromatic carbocycles. The highest BCUT2D eigenvalue weighted by Gasteiger charge is 2.26. The normalized spacial score (nSPS) is 17.4. The van der Waals surface area contributed by atoms with Crippen LogP contribution in [0.1, 0.15) is 18.7 Å². The van der Waals surface area contributed by atoms with E-state index in [-0.39, 0.29) is 20.5 Å². The molecule has 0 aromatic heterocycles. The van der Waals surface area contributed by atoms with Crippen molar-refractivity contribution in [1.29, 1.82) is 0 Å². The molecule has 1 aliphatic heterocycles. The molecule has 1 saturated heterocycles. The van der Waals surface area contributed by atoms with E-state index in [1.807, 2.05) is 4.90 Å². The van der Waals surface area contributed by atoms with Crippen molar-refractivity contribution >= 4 is 37.1 Å². The maximum absolute atomic E-state index is 12.9. The summed E-state index contributed by atoms with van der Waals surface area (Å²) in [6, 6.07) is 9.61. The van der Waals surface area contributed by atoms with Crippen molar-refractivity contribution < 1.29 is 21.9 Å². The monoisotopic (exact) mass is 487 g/mol. The standard InChI is InChI=1S/C20H26ClN3O5S2/c1-3-23-10-12-24(13-11-23)20(25)18-14-17(8-9-19(18)21)31(28,29)22-15-4-6-16(7-5-15)30(2,26)27/h4-9,14,20,22,25H,3,10-13H2,1-2H3. The van der Waals surface area contributed by atoms with E-state index in [1.54, 1.807) is 0 Å². The number of piperazine rings is 1. The number of sulfonamides is 1. The fourth-order valence-electron chi connectivity index (χ4n) is 3.39. The number of likely N-dealkylation sites (N-methyl/N-ethyl adjacent to an activating group) is 1. The van der Waals surface area contributed by atoms with Gasteiger partial charge in [0, 0.05) is 48.7 Å². The van der Waals surface area contributed by atoms with Crippen LogP contribution in [-0.4, -0.2) is 70.7 Å². The van der Waals surface area contributed by atoms with Gasteiger partial charge < -0.3 is 10.0 Å². The molecule has 1 fully saturated rings. The molecule has 0 spiro atoms. The van der Waals surface area contributed by atoms with Gasteiger partial charge in [-0.3, -0.25) is 9.62 Å². The quantitative estimate of drug-likeness (QED) is 0.616. The fourth-order valence-corrected chi connectivity index (χ4v) is 5.33. The van der Waals surface area contributed by atoms with Gasteiger partial charge in [0.2, 0.25) is 0 Å². The summed E-state index contributed by atoms with van der Waals surface area (Å²) in [7, 11) is -7.35. The Morgan fingerprint density at radius 1 is 1.00 bits per heavy atom. The number of nitrogens with one attached hydrogen (secondary N) is 1. The van der Waals surface area contributed by atoms with Crippen molar-refractivity contribution in [2.24, 2.45) is 0 Å². The van der Waals surface area contributed by atoms with Gasteiger partial charge in [0.15, 0.2) is 9.84 Å². The number of benzene rings is 2. The van der Waals surface area contributed by atoms with Crippen LogP contribution in [0.3, 0.4) is 0 Å². The van der Waals surface area contributed by atoms with Crippen LogP contribution in [0.5, 0.6) is 0 Å². The second kappa shape index (κ2) is 9.43. The number of hydrogen-bond acceptors (Lipinski definition) is 7. The number of aliphatic hydroxyl groups is 1. The highest BCUT2D eigenvalue weighted by Crippen LogP contribution is 2.30. The molecule has 11 heteroatoms. The summed E-state index contributed by atoms with van der Waals surface area (Å²) in [6.45, 7) is 5.94. The second-order valence-corrected chi connectivity index (χ2v) is 11.5. The van der Waals surface area contributed by atoms with Crippen LogP contribution in [0, 0.1) is 0 Å². The molecule has 1 heterocycles. The second-order valence-electron chi connectivity index (χ2n) is 7.43. The predicted molar refractivity (Wildman–Crippen MR) is 120 cm³/mol. The summed E-state index contributed by atoms with van der Waals surface area (Å²) in [5.41, 5.74) is 0.544. The molecule has 1 unspecified atom stereocenters. The van der Waals surface area contributed by atoms with Gasteiger partial charge in [0.05, 0.1) is 9.79 Å². The Morgan fingerprint density at radius 2 is 1.58 bits per heavy atom. The molecule has 0 aliphatic carbocycles. The molecule has 2 aromatic rings. The third kappa shape index (κ3) is 5.76. The SMILES string of the molecule is CCN1CCN(C(O)c2cc(S(=O)(=O)Nc3ccc(S(C)(=O)=O)cc3)ccc2Cl)CC1. The number of nitrogens with zero attached hydrogens (tertiary/aromatic N) is 2. The molecule has 8 nitrogen and oxygen atoms in total. The summed E-state index contributed by atoms with van der Waals surface area (Å²) in [4.78, 5) is 4.17. The molecule has 170 valence electrons. The molecule has 0 radical (unpaired) electrons. The van der Waals surface area contributed by atoms with Crippen molar-refractivity contribution in [2.45, 2.75) is 22.9 Å². The first-order valence-electron chi connectivity index (χ1n) is 9.78. The van der Waals surface area contributed by atoms with Crippen LogP contribution < -0.4 is 4.72 Å². The third-order valence-electron chi connectivity index (χ3n) is 5.29. The zero-order chi connectivity index (χ0) is 22.8. The molecule has 0 saturated carbocycles. The Labute approximate surface area is 188 Å². The van der Waals surface area contributed by atoms with Gasteiger partial charge in [-0.1, -0.05) is 18.5 Å². The largest absolute Gasteiger partial charge is 0.374 e. The smallest absolute Gasteiger partial charge is 0.261 e. The van der Waals surface area contributed by atoms with Gasteiger partial charge in [-0.15, -0.1) is 0 Å². The zero-order valence-corrected chi connectivity index (χ0v) is 19.7. The van der Waals surface area contributed by atoms with Crippen molar-refractivity contribution in [3.8, 4) is 0 Å². The molecular weight excluding hydrogens is 462 g/mol. The molecule has 31 heavy (non-hydrogen) atoms. The van der Waals surface area contributed by atoms with E-state index in [0.29, 0.717) is 18.7 Å². The van der Waals surface area contributed by atoms with Gasteiger partial charge in [0.1, 0.15) is 6.23 Å². The maximum Gasteiger partial charge on any atom is 0.261 e. The first-order chi connectivity index (χ1) is 14.5. The number of hydrogen-bond donors (Lipinski definition) is 2. The molecule has 1 aliphatic rings. The highest BCUT2D eigenvalue weighted by molar-refractivity contribution is 7.92. The topological polar surface area (TPSA) is 107 Å². The highest BCUT2D eigenvalue weighted by atomic mass is 35.5. The van der Waals surface area contributed by atoms with E-state index in [2.05, 4.69) is 16.5 Å². The summed E-state index contributed by atoms with van der Waals surface area (Å²) in [5, 5.41) is 11.1. The van der Waals surface area contributed by atoms with Crippen molar-refractivity contribution in [1.82, 2.24) is 9.80 Å². The van der Waals surface area contributed by atoms with Crippen LogP contribution in [0.25, 0.3) is 0 Å². The van der Waals surface area contributed by atoms with Crippen LogP contribution in [0.4, 0.5) is 5.69 Å². The van der Waals surface area contributed by atoms with Crippen molar-refractivity contribution in [3.05, 3.63) is 53.1 Å². The van der Waals surface area contributed by atoms with Crippen LogP contribution >= 0.6 is 11.6 Å². The van der Waals surface area contributed by atoms with Gasteiger partial charge in [-0.25, -0.2) is 16.8 Å². The van der Waals surface area contributed by atoms with Gasteiger partial charge >= 0.3 is 0 Å². The van der Waals surface area contributed by atoms with Crippen LogP contribution in [0.15, 0.2) is 52.3 Å². The van der Waals surface area contributed by atoms with Crippen molar-refractivity contribution in [2.75, 3.05) is 43.7 Å². The van der Waals surface area contributed by atoms with Crippen LogP contribution in [0.2, 0.25) is 5.02 Å². The zero-order valence-electron chi connectivity index (χ0n) is 17.3. The van der Waals surface area contributed by atoms with E-state index in [1.165, 1.54) is 42.5 Å². The summed E-state index contributed by atoms with van der Waals surface area (Å²) in [5.74, 6) is 0. The van der Waals surface area contributed by atoms with Gasteiger partial charge in [-0.2, -0.15) is 0 Å². The molecule has 1 atom stereocenters. The number of aliphatic hydroxyl groups excluding tert-OH is 1. The maximum atomic E-state index is 12.9.